The van der Waals surface area contributed by atoms with Crippen LogP contribution in [0.15, 0.2) is 36.4 Å². The lowest BCUT2D eigenvalue weighted by Gasteiger charge is -2.18. The molecule has 0 aromatic heterocycles. The van der Waals surface area contributed by atoms with Crippen molar-refractivity contribution in [1.29, 1.82) is 0 Å². The Morgan fingerprint density at radius 2 is 1.43 bits per heavy atom. The third kappa shape index (κ3) is 4.92. The van der Waals surface area contributed by atoms with Crippen LogP contribution in [0.4, 0.5) is 0 Å². The van der Waals surface area contributed by atoms with Crippen molar-refractivity contribution in [3.63, 3.8) is 0 Å². The highest BCUT2D eigenvalue weighted by Crippen LogP contribution is 2.38. The summed E-state index contributed by atoms with van der Waals surface area (Å²) in [4.78, 5) is 17.6. The number of hydrogen-bond donors (Lipinski definition) is 0. The van der Waals surface area contributed by atoms with Crippen molar-refractivity contribution >= 4 is 5.78 Å². The summed E-state index contributed by atoms with van der Waals surface area (Å²) >= 11 is 0. The first-order chi connectivity index (χ1) is 14.6. The molecule has 0 atom stereocenters. The largest absolute Gasteiger partial charge is 0.492 e. The standard InChI is InChI=1S/C26H32N2O2/c1-5-27(6-2)15-9-10-20-11-13-22-23-14-12-21(30-17-16-28(7-3)8-4)19-25(23)26(29)24(22)18-20/h11-14,18-19H,5-8,15-17H2,1-4H3. The molecule has 0 radical (unpaired) electrons. The van der Waals surface area contributed by atoms with Crippen molar-refractivity contribution in [3.8, 4) is 28.7 Å². The number of carbonyl (C=O) groups excluding carboxylic acids is 1. The lowest BCUT2D eigenvalue weighted by atomic mass is 10.0. The van der Waals surface area contributed by atoms with Crippen LogP contribution >= 0.6 is 0 Å². The molecule has 0 bridgehead atoms. The first-order valence-electron chi connectivity index (χ1n) is 11.0. The van der Waals surface area contributed by atoms with Gasteiger partial charge in [-0.05, 0) is 67.6 Å². The number of hydrogen-bond acceptors (Lipinski definition) is 4. The third-order valence-electron chi connectivity index (χ3n) is 5.79. The molecule has 4 nitrogen and oxygen atoms in total. The van der Waals surface area contributed by atoms with E-state index < -0.39 is 0 Å². The number of likely N-dealkylation sites (N-methyl/N-ethyl adjacent to an activating group) is 1. The maximum absolute atomic E-state index is 13.0. The summed E-state index contributed by atoms with van der Waals surface area (Å²) in [6.07, 6.45) is 0. The number of nitrogens with zero attached hydrogens (tertiary/aromatic N) is 2. The predicted molar refractivity (Wildman–Crippen MR) is 123 cm³/mol. The van der Waals surface area contributed by atoms with Gasteiger partial charge in [-0.1, -0.05) is 45.6 Å². The Bertz CT molecular complexity index is 947. The van der Waals surface area contributed by atoms with Crippen molar-refractivity contribution in [2.45, 2.75) is 27.7 Å². The molecule has 0 heterocycles. The summed E-state index contributed by atoms with van der Waals surface area (Å²) in [6.45, 7) is 14.8. The maximum atomic E-state index is 13.0. The van der Waals surface area contributed by atoms with E-state index in [1.54, 1.807) is 0 Å². The molecule has 3 rings (SSSR count). The molecule has 0 amide bonds. The van der Waals surface area contributed by atoms with Crippen molar-refractivity contribution in [2.75, 3.05) is 45.9 Å². The molecule has 2 aromatic carbocycles. The van der Waals surface area contributed by atoms with Crippen LogP contribution in [0.3, 0.4) is 0 Å². The molecule has 1 aliphatic rings. The van der Waals surface area contributed by atoms with Crippen molar-refractivity contribution < 1.29 is 9.53 Å². The molecule has 4 heteroatoms. The number of benzene rings is 2. The number of ketones is 1. The van der Waals surface area contributed by atoms with Gasteiger partial charge in [-0.15, -0.1) is 0 Å². The van der Waals surface area contributed by atoms with Crippen molar-refractivity contribution in [3.05, 3.63) is 53.1 Å². The van der Waals surface area contributed by atoms with Gasteiger partial charge in [0, 0.05) is 23.2 Å². The Kier molecular flexibility index (Phi) is 7.68. The molecule has 0 fully saturated rings. The van der Waals surface area contributed by atoms with Crippen LogP contribution in [-0.4, -0.2) is 61.5 Å². The third-order valence-corrected chi connectivity index (χ3v) is 5.79. The van der Waals surface area contributed by atoms with Gasteiger partial charge in [0.05, 0.1) is 6.54 Å². The van der Waals surface area contributed by atoms with Crippen LogP contribution in [0.2, 0.25) is 0 Å². The zero-order valence-corrected chi connectivity index (χ0v) is 18.6. The fourth-order valence-electron chi connectivity index (χ4n) is 3.76. The molecule has 0 aliphatic heterocycles. The summed E-state index contributed by atoms with van der Waals surface area (Å²) in [6, 6.07) is 11.8. The zero-order valence-electron chi connectivity index (χ0n) is 18.6. The first-order valence-corrected chi connectivity index (χ1v) is 11.0. The van der Waals surface area contributed by atoms with E-state index in [1.807, 2.05) is 36.4 Å². The average molecular weight is 405 g/mol. The Labute approximate surface area is 180 Å². The van der Waals surface area contributed by atoms with Crippen LogP contribution in [0.5, 0.6) is 5.75 Å². The molecule has 0 saturated heterocycles. The molecule has 0 saturated carbocycles. The average Bonchev–Trinajstić information content (AvgIpc) is 3.05. The Morgan fingerprint density at radius 1 is 0.800 bits per heavy atom. The van der Waals surface area contributed by atoms with Gasteiger partial charge in [0.25, 0.3) is 0 Å². The van der Waals surface area contributed by atoms with Gasteiger partial charge in [0.1, 0.15) is 12.4 Å². The van der Waals surface area contributed by atoms with E-state index in [1.165, 1.54) is 0 Å². The normalized spacial score (nSPS) is 12.0. The fraction of sp³-hybridized carbons (Fsp3) is 0.423. The molecule has 158 valence electrons. The number of ether oxygens (including phenoxy) is 1. The van der Waals surface area contributed by atoms with E-state index in [0.717, 1.165) is 72.8 Å². The number of carbonyl (C=O) groups is 1. The van der Waals surface area contributed by atoms with E-state index in [2.05, 4.69) is 49.3 Å². The van der Waals surface area contributed by atoms with Gasteiger partial charge >= 0.3 is 0 Å². The van der Waals surface area contributed by atoms with Gasteiger partial charge < -0.3 is 9.64 Å². The summed E-state index contributed by atoms with van der Waals surface area (Å²) in [7, 11) is 0. The summed E-state index contributed by atoms with van der Waals surface area (Å²) in [5, 5.41) is 0. The van der Waals surface area contributed by atoms with E-state index >= 15 is 0 Å². The molecule has 0 N–H and O–H groups in total. The van der Waals surface area contributed by atoms with Crippen molar-refractivity contribution in [1.82, 2.24) is 9.80 Å². The number of fused-ring (bicyclic) bond motifs is 3. The second-order valence-corrected chi connectivity index (χ2v) is 7.44. The van der Waals surface area contributed by atoms with Gasteiger partial charge in [-0.3, -0.25) is 9.69 Å². The molecule has 2 aromatic rings. The molecule has 30 heavy (non-hydrogen) atoms. The predicted octanol–water partition coefficient (Wildman–Crippen LogP) is 4.31. The quantitative estimate of drug-likeness (QED) is 0.498. The van der Waals surface area contributed by atoms with Crippen LogP contribution < -0.4 is 4.74 Å². The Hall–Kier alpha value is -2.61. The summed E-state index contributed by atoms with van der Waals surface area (Å²) < 4.78 is 5.91. The zero-order chi connectivity index (χ0) is 21.5. The SMILES string of the molecule is CCN(CC)CC#Cc1ccc2c(c1)C(=O)c1cc(OCCN(CC)CC)ccc1-2. The Morgan fingerprint density at radius 3 is 2.10 bits per heavy atom. The second-order valence-electron chi connectivity index (χ2n) is 7.44. The van der Waals surface area contributed by atoms with Gasteiger partial charge in [0.2, 0.25) is 0 Å². The van der Waals surface area contributed by atoms with Crippen LogP contribution in [0.1, 0.15) is 49.2 Å². The molecular weight excluding hydrogens is 372 g/mol. The highest BCUT2D eigenvalue weighted by Gasteiger charge is 2.27. The lowest BCUT2D eigenvalue weighted by Crippen LogP contribution is -2.27. The minimum absolute atomic E-state index is 0.0570. The topological polar surface area (TPSA) is 32.8 Å². The molecular formula is C26H32N2O2. The van der Waals surface area contributed by atoms with E-state index in [9.17, 15) is 4.79 Å². The first kappa shape index (κ1) is 22.1. The maximum Gasteiger partial charge on any atom is 0.194 e. The molecule has 1 aliphatic carbocycles. The fourth-order valence-corrected chi connectivity index (χ4v) is 3.76. The van der Waals surface area contributed by atoms with E-state index in [0.29, 0.717) is 6.61 Å². The monoisotopic (exact) mass is 404 g/mol. The van der Waals surface area contributed by atoms with Crippen LogP contribution in [0, 0.1) is 11.8 Å². The minimum Gasteiger partial charge on any atom is -0.492 e. The van der Waals surface area contributed by atoms with E-state index in [4.69, 9.17) is 4.74 Å². The van der Waals surface area contributed by atoms with Gasteiger partial charge in [-0.2, -0.15) is 0 Å². The second kappa shape index (κ2) is 10.4. The van der Waals surface area contributed by atoms with Gasteiger partial charge in [-0.25, -0.2) is 0 Å². The van der Waals surface area contributed by atoms with Crippen molar-refractivity contribution in [2.24, 2.45) is 0 Å². The highest BCUT2D eigenvalue weighted by atomic mass is 16.5. The van der Waals surface area contributed by atoms with Gasteiger partial charge in [0.15, 0.2) is 5.78 Å². The summed E-state index contributed by atoms with van der Waals surface area (Å²) in [5.41, 5.74) is 4.31. The Balaban J connectivity index is 1.72. The number of rotatable bonds is 9. The molecule has 0 unspecified atom stereocenters. The minimum atomic E-state index is 0.0570. The lowest BCUT2D eigenvalue weighted by molar-refractivity contribution is 0.104. The molecule has 0 spiro atoms. The van der Waals surface area contributed by atoms with Crippen LogP contribution in [-0.2, 0) is 0 Å². The summed E-state index contributed by atoms with van der Waals surface area (Å²) in [5.74, 6) is 7.24. The van der Waals surface area contributed by atoms with E-state index in [-0.39, 0.29) is 5.78 Å². The van der Waals surface area contributed by atoms with Crippen LogP contribution in [0.25, 0.3) is 11.1 Å². The smallest absolute Gasteiger partial charge is 0.194 e. The highest BCUT2D eigenvalue weighted by molar-refractivity contribution is 6.22.